The van der Waals surface area contributed by atoms with Gasteiger partial charge in [0.2, 0.25) is 0 Å². The fourth-order valence-corrected chi connectivity index (χ4v) is 2.15. The summed E-state index contributed by atoms with van der Waals surface area (Å²) in [7, 11) is 0. The maximum Gasteiger partial charge on any atom is 0.0745 e. The van der Waals surface area contributed by atoms with E-state index < -0.39 is 0 Å². The zero-order valence-electron chi connectivity index (χ0n) is 10.9. The van der Waals surface area contributed by atoms with Crippen molar-refractivity contribution >= 4 is 0 Å². The van der Waals surface area contributed by atoms with Crippen LogP contribution in [0.3, 0.4) is 0 Å². The molecule has 2 heteroatoms. The van der Waals surface area contributed by atoms with Gasteiger partial charge in [-0.25, -0.2) is 5.90 Å². The lowest BCUT2D eigenvalue weighted by Gasteiger charge is -2.13. The van der Waals surface area contributed by atoms with E-state index in [4.69, 9.17) is 10.7 Å². The van der Waals surface area contributed by atoms with Crippen molar-refractivity contribution in [1.29, 1.82) is 0 Å². The first-order chi connectivity index (χ1) is 8.72. The topological polar surface area (TPSA) is 35.2 Å². The van der Waals surface area contributed by atoms with Gasteiger partial charge in [0.05, 0.1) is 6.61 Å². The molecule has 1 atom stereocenters. The predicted molar refractivity (Wildman–Crippen MR) is 75.2 cm³/mol. The molecule has 2 rings (SSSR count). The maximum absolute atomic E-state index is 5.14. The third-order valence-corrected chi connectivity index (χ3v) is 3.26. The lowest BCUT2D eigenvalue weighted by molar-refractivity contribution is 0.126. The lowest BCUT2D eigenvalue weighted by Crippen LogP contribution is -2.08. The van der Waals surface area contributed by atoms with Crippen LogP contribution in [0.15, 0.2) is 48.5 Å². The monoisotopic (exact) mass is 241 g/mol. The second kappa shape index (κ2) is 5.80. The average Bonchev–Trinajstić information content (AvgIpc) is 2.40. The van der Waals surface area contributed by atoms with Crippen LogP contribution in [0, 0.1) is 6.92 Å². The molecular formula is C16H19NO. The number of benzene rings is 2. The van der Waals surface area contributed by atoms with Gasteiger partial charge in [0.25, 0.3) is 0 Å². The van der Waals surface area contributed by atoms with Gasteiger partial charge < -0.3 is 4.84 Å². The van der Waals surface area contributed by atoms with Crippen molar-refractivity contribution < 1.29 is 4.84 Å². The molecule has 0 radical (unpaired) electrons. The number of nitrogens with two attached hydrogens (primary N) is 1. The average molecular weight is 241 g/mol. The van der Waals surface area contributed by atoms with E-state index in [0.29, 0.717) is 12.5 Å². The number of aryl methyl sites for hydroxylation is 1. The highest BCUT2D eigenvalue weighted by atomic mass is 16.6. The smallest absolute Gasteiger partial charge is 0.0745 e. The van der Waals surface area contributed by atoms with Crippen molar-refractivity contribution in [3.8, 4) is 11.1 Å². The molecule has 0 saturated heterocycles. The van der Waals surface area contributed by atoms with E-state index in [1.807, 2.05) is 0 Å². The molecule has 94 valence electrons. The van der Waals surface area contributed by atoms with Crippen molar-refractivity contribution in [3.63, 3.8) is 0 Å². The molecule has 0 spiro atoms. The quantitative estimate of drug-likeness (QED) is 0.829. The third-order valence-electron chi connectivity index (χ3n) is 3.26. The number of hydrogen-bond donors (Lipinski definition) is 1. The van der Waals surface area contributed by atoms with Gasteiger partial charge in [-0.3, -0.25) is 0 Å². The Labute approximate surface area is 108 Å². The largest absolute Gasteiger partial charge is 0.304 e. The highest BCUT2D eigenvalue weighted by Gasteiger charge is 2.07. The first-order valence-electron chi connectivity index (χ1n) is 6.20. The fourth-order valence-electron chi connectivity index (χ4n) is 2.15. The molecule has 1 unspecified atom stereocenters. The molecule has 0 saturated carbocycles. The van der Waals surface area contributed by atoms with E-state index in [1.165, 1.54) is 22.3 Å². The summed E-state index contributed by atoms with van der Waals surface area (Å²) in [5, 5.41) is 0. The molecule has 0 amide bonds. The Bertz CT molecular complexity index is 522. The normalized spacial score (nSPS) is 12.4. The zero-order chi connectivity index (χ0) is 13.0. The summed E-state index contributed by atoms with van der Waals surface area (Å²) < 4.78 is 0. The molecule has 0 aliphatic heterocycles. The van der Waals surface area contributed by atoms with E-state index in [2.05, 4.69) is 62.4 Å². The lowest BCUT2D eigenvalue weighted by atomic mass is 9.95. The van der Waals surface area contributed by atoms with E-state index in [0.717, 1.165) is 0 Å². The molecule has 2 nitrogen and oxygen atoms in total. The van der Waals surface area contributed by atoms with Crippen molar-refractivity contribution in [2.75, 3.05) is 6.61 Å². The highest BCUT2D eigenvalue weighted by molar-refractivity contribution is 5.67. The SMILES string of the molecule is Cc1ccccc1-c1cccc(C(C)CON)c1. The van der Waals surface area contributed by atoms with Crippen LogP contribution in [0.5, 0.6) is 0 Å². The van der Waals surface area contributed by atoms with Crippen LogP contribution >= 0.6 is 0 Å². The van der Waals surface area contributed by atoms with Crippen molar-refractivity contribution in [3.05, 3.63) is 59.7 Å². The summed E-state index contributed by atoms with van der Waals surface area (Å²) in [5.74, 6) is 5.44. The Morgan fingerprint density at radius 1 is 1.11 bits per heavy atom. The standard InChI is InChI=1S/C16H19NO/c1-12-6-3-4-9-16(12)15-8-5-7-14(10-15)13(2)11-18-17/h3-10,13H,11,17H2,1-2H3. The highest BCUT2D eigenvalue weighted by Crippen LogP contribution is 2.26. The molecular weight excluding hydrogens is 222 g/mol. The molecule has 0 aliphatic carbocycles. The van der Waals surface area contributed by atoms with E-state index in [9.17, 15) is 0 Å². The second-order valence-electron chi connectivity index (χ2n) is 4.67. The minimum Gasteiger partial charge on any atom is -0.304 e. The van der Waals surface area contributed by atoms with Gasteiger partial charge in [-0.1, -0.05) is 55.5 Å². The van der Waals surface area contributed by atoms with Gasteiger partial charge in [0.1, 0.15) is 0 Å². The van der Waals surface area contributed by atoms with Gasteiger partial charge in [-0.15, -0.1) is 0 Å². The molecule has 0 aliphatic rings. The van der Waals surface area contributed by atoms with Crippen LogP contribution in [-0.4, -0.2) is 6.61 Å². The molecule has 0 heterocycles. The molecule has 2 aromatic carbocycles. The van der Waals surface area contributed by atoms with Crippen LogP contribution < -0.4 is 5.90 Å². The first-order valence-corrected chi connectivity index (χ1v) is 6.20. The molecule has 18 heavy (non-hydrogen) atoms. The Morgan fingerprint density at radius 3 is 2.61 bits per heavy atom. The minimum absolute atomic E-state index is 0.305. The van der Waals surface area contributed by atoms with E-state index >= 15 is 0 Å². The minimum atomic E-state index is 0.305. The van der Waals surface area contributed by atoms with Crippen molar-refractivity contribution in [1.82, 2.24) is 0 Å². The predicted octanol–water partition coefficient (Wildman–Crippen LogP) is 3.66. The molecule has 2 N–H and O–H groups in total. The first kappa shape index (κ1) is 12.8. The summed E-state index contributed by atoms with van der Waals surface area (Å²) in [4.78, 5) is 4.73. The second-order valence-corrected chi connectivity index (χ2v) is 4.67. The van der Waals surface area contributed by atoms with Crippen LogP contribution in [0.4, 0.5) is 0 Å². The summed E-state index contributed by atoms with van der Waals surface area (Å²) in [5.41, 5.74) is 5.06. The summed E-state index contributed by atoms with van der Waals surface area (Å²) in [6.45, 7) is 4.79. The van der Waals surface area contributed by atoms with Crippen LogP contribution in [-0.2, 0) is 4.84 Å². The van der Waals surface area contributed by atoms with Crippen LogP contribution in [0.25, 0.3) is 11.1 Å². The number of hydrogen-bond acceptors (Lipinski definition) is 2. The zero-order valence-corrected chi connectivity index (χ0v) is 10.9. The number of rotatable bonds is 4. The van der Waals surface area contributed by atoms with E-state index in [-0.39, 0.29) is 0 Å². The Hall–Kier alpha value is -1.64. The molecule has 0 bridgehead atoms. The summed E-state index contributed by atoms with van der Waals surface area (Å²) in [6.07, 6.45) is 0. The van der Waals surface area contributed by atoms with Crippen molar-refractivity contribution in [2.45, 2.75) is 19.8 Å². The van der Waals surface area contributed by atoms with E-state index in [1.54, 1.807) is 0 Å². The van der Waals surface area contributed by atoms with Gasteiger partial charge in [0, 0.05) is 5.92 Å². The van der Waals surface area contributed by atoms with Crippen LogP contribution in [0.1, 0.15) is 24.0 Å². The van der Waals surface area contributed by atoms with Gasteiger partial charge in [0.15, 0.2) is 0 Å². The Balaban J connectivity index is 2.36. The third kappa shape index (κ3) is 2.78. The van der Waals surface area contributed by atoms with Gasteiger partial charge in [-0.05, 0) is 29.2 Å². The molecule has 0 fully saturated rings. The molecule has 2 aromatic rings. The molecule has 0 aromatic heterocycles. The fraction of sp³-hybridized carbons (Fsp3) is 0.250. The summed E-state index contributed by atoms with van der Waals surface area (Å²) in [6, 6.07) is 17.0. The summed E-state index contributed by atoms with van der Waals surface area (Å²) >= 11 is 0. The van der Waals surface area contributed by atoms with Gasteiger partial charge in [-0.2, -0.15) is 0 Å². The Kier molecular flexibility index (Phi) is 4.13. The van der Waals surface area contributed by atoms with Crippen molar-refractivity contribution in [2.24, 2.45) is 5.90 Å². The van der Waals surface area contributed by atoms with Crippen LogP contribution in [0.2, 0.25) is 0 Å². The Morgan fingerprint density at radius 2 is 1.89 bits per heavy atom. The van der Waals surface area contributed by atoms with Gasteiger partial charge >= 0.3 is 0 Å². The maximum atomic E-state index is 5.14.